The Balaban J connectivity index is 2.64. The fourth-order valence-corrected chi connectivity index (χ4v) is 1.58. The fourth-order valence-electron chi connectivity index (χ4n) is 1.49. The van der Waals surface area contributed by atoms with Gasteiger partial charge in [-0.1, -0.05) is 32.9 Å². The number of benzene rings is 1. The van der Waals surface area contributed by atoms with Crippen molar-refractivity contribution in [2.75, 3.05) is 11.2 Å². The van der Waals surface area contributed by atoms with Gasteiger partial charge in [0.15, 0.2) is 5.78 Å². The molecular formula is C14H18ClNO2. The first-order valence-electron chi connectivity index (χ1n) is 5.81. The van der Waals surface area contributed by atoms with Crippen LogP contribution in [0, 0.1) is 0 Å². The minimum Gasteiger partial charge on any atom is -0.326 e. The molecule has 0 aliphatic heterocycles. The van der Waals surface area contributed by atoms with Crippen LogP contribution in [0.1, 0.15) is 32.8 Å². The first-order chi connectivity index (χ1) is 8.32. The number of amides is 1. The zero-order chi connectivity index (χ0) is 13.8. The van der Waals surface area contributed by atoms with Gasteiger partial charge < -0.3 is 5.32 Å². The second-order valence-electron chi connectivity index (χ2n) is 5.22. The van der Waals surface area contributed by atoms with Gasteiger partial charge in [0.05, 0.1) is 12.3 Å². The van der Waals surface area contributed by atoms with Gasteiger partial charge in [0.25, 0.3) is 0 Å². The van der Waals surface area contributed by atoms with Crippen molar-refractivity contribution in [3.8, 4) is 0 Å². The van der Waals surface area contributed by atoms with Crippen molar-refractivity contribution >= 4 is 29.0 Å². The Morgan fingerprint density at radius 1 is 1.17 bits per heavy atom. The van der Waals surface area contributed by atoms with Gasteiger partial charge in [-0.05, 0) is 23.1 Å². The molecule has 0 fully saturated rings. The van der Waals surface area contributed by atoms with Crippen LogP contribution in [0.4, 0.5) is 5.69 Å². The first kappa shape index (κ1) is 14.7. The maximum Gasteiger partial charge on any atom is 0.231 e. The van der Waals surface area contributed by atoms with E-state index in [2.05, 4.69) is 26.1 Å². The van der Waals surface area contributed by atoms with Gasteiger partial charge in [0.2, 0.25) is 5.91 Å². The van der Waals surface area contributed by atoms with Gasteiger partial charge in [0, 0.05) is 5.69 Å². The molecule has 0 heterocycles. The van der Waals surface area contributed by atoms with Crippen LogP contribution in [0.5, 0.6) is 0 Å². The number of hydrogen-bond donors (Lipinski definition) is 1. The van der Waals surface area contributed by atoms with Crippen molar-refractivity contribution in [1.29, 1.82) is 0 Å². The summed E-state index contributed by atoms with van der Waals surface area (Å²) in [4.78, 5) is 22.5. The molecule has 0 saturated heterocycles. The number of ketones is 1. The summed E-state index contributed by atoms with van der Waals surface area (Å²) < 4.78 is 0. The number of carbonyl (C=O) groups is 2. The maximum atomic E-state index is 11.5. The lowest BCUT2D eigenvalue weighted by Gasteiger charge is -2.19. The molecule has 0 spiro atoms. The van der Waals surface area contributed by atoms with E-state index in [0.717, 1.165) is 0 Å². The van der Waals surface area contributed by atoms with E-state index < -0.39 is 0 Å². The van der Waals surface area contributed by atoms with Crippen molar-refractivity contribution in [2.45, 2.75) is 32.6 Å². The Kier molecular flexibility index (Phi) is 4.91. The number of halogens is 1. The summed E-state index contributed by atoms with van der Waals surface area (Å²) in [6.07, 6.45) is -0.176. The number of nitrogens with one attached hydrogen (secondary N) is 1. The van der Waals surface area contributed by atoms with Gasteiger partial charge >= 0.3 is 0 Å². The number of anilines is 1. The predicted octanol–water partition coefficient (Wildman–Crippen LogP) is 3.12. The largest absolute Gasteiger partial charge is 0.326 e. The van der Waals surface area contributed by atoms with Crippen molar-refractivity contribution < 1.29 is 9.59 Å². The number of alkyl halides is 1. The lowest BCUT2D eigenvalue weighted by Crippen LogP contribution is -2.17. The molecule has 1 N–H and O–H groups in total. The highest BCUT2D eigenvalue weighted by Crippen LogP contribution is 2.23. The zero-order valence-corrected chi connectivity index (χ0v) is 11.7. The lowest BCUT2D eigenvalue weighted by molar-refractivity contribution is -0.124. The smallest absolute Gasteiger partial charge is 0.231 e. The molecule has 0 aliphatic rings. The summed E-state index contributed by atoms with van der Waals surface area (Å²) in [7, 11) is 0. The fraction of sp³-hybridized carbons (Fsp3) is 0.429. The van der Waals surface area contributed by atoms with E-state index in [1.54, 1.807) is 0 Å². The molecular weight excluding hydrogens is 250 g/mol. The van der Waals surface area contributed by atoms with E-state index in [0.29, 0.717) is 5.69 Å². The van der Waals surface area contributed by atoms with Crippen molar-refractivity contribution in [3.05, 3.63) is 29.8 Å². The van der Waals surface area contributed by atoms with Crippen LogP contribution in [-0.2, 0) is 15.0 Å². The van der Waals surface area contributed by atoms with Crippen LogP contribution >= 0.6 is 11.6 Å². The van der Waals surface area contributed by atoms with Crippen LogP contribution in [-0.4, -0.2) is 17.6 Å². The van der Waals surface area contributed by atoms with E-state index in [1.165, 1.54) is 5.56 Å². The van der Waals surface area contributed by atoms with Gasteiger partial charge in [-0.3, -0.25) is 9.59 Å². The van der Waals surface area contributed by atoms with E-state index in [4.69, 9.17) is 11.6 Å². The van der Waals surface area contributed by atoms with Crippen molar-refractivity contribution in [3.63, 3.8) is 0 Å². The summed E-state index contributed by atoms with van der Waals surface area (Å²) in [5.41, 5.74) is 1.96. The summed E-state index contributed by atoms with van der Waals surface area (Å²) in [5.74, 6) is -0.735. The Hall–Kier alpha value is -1.35. The topological polar surface area (TPSA) is 46.2 Å². The van der Waals surface area contributed by atoms with Gasteiger partial charge in [-0.25, -0.2) is 0 Å². The van der Waals surface area contributed by atoms with Gasteiger partial charge in [0.1, 0.15) is 0 Å². The molecule has 18 heavy (non-hydrogen) atoms. The second-order valence-corrected chi connectivity index (χ2v) is 5.49. The Bertz CT molecular complexity index is 432. The van der Waals surface area contributed by atoms with Gasteiger partial charge in [-0.15, -0.1) is 11.6 Å². The Labute approximate surface area is 113 Å². The van der Waals surface area contributed by atoms with E-state index in [1.807, 2.05) is 24.3 Å². The van der Waals surface area contributed by atoms with Crippen molar-refractivity contribution in [1.82, 2.24) is 0 Å². The standard InChI is InChI=1S/C14H18ClNO2/c1-14(2,3)10-4-6-11(7-5-10)16-13(18)8-12(17)9-15/h4-7H,8-9H2,1-3H3,(H,16,18). The third kappa shape index (κ3) is 4.49. The highest BCUT2D eigenvalue weighted by molar-refractivity contribution is 6.29. The zero-order valence-electron chi connectivity index (χ0n) is 10.9. The quantitative estimate of drug-likeness (QED) is 0.673. The molecule has 1 aromatic carbocycles. The van der Waals surface area contributed by atoms with Crippen LogP contribution in [0.15, 0.2) is 24.3 Å². The Morgan fingerprint density at radius 3 is 2.17 bits per heavy atom. The average Bonchev–Trinajstić information content (AvgIpc) is 2.28. The van der Waals surface area contributed by atoms with E-state index >= 15 is 0 Å². The first-order valence-corrected chi connectivity index (χ1v) is 6.34. The highest BCUT2D eigenvalue weighted by atomic mass is 35.5. The van der Waals surface area contributed by atoms with Crippen LogP contribution in [0.3, 0.4) is 0 Å². The molecule has 1 aromatic rings. The van der Waals surface area contributed by atoms with Gasteiger partial charge in [-0.2, -0.15) is 0 Å². The predicted molar refractivity (Wildman–Crippen MR) is 74.1 cm³/mol. The molecule has 0 aliphatic carbocycles. The summed E-state index contributed by atoms with van der Waals surface area (Å²) in [6.45, 7) is 6.37. The third-order valence-corrected chi connectivity index (χ3v) is 2.84. The minimum atomic E-state index is -0.329. The minimum absolute atomic E-state index is 0.0805. The molecule has 4 heteroatoms. The molecule has 0 radical (unpaired) electrons. The van der Waals surface area contributed by atoms with Crippen LogP contribution < -0.4 is 5.32 Å². The van der Waals surface area contributed by atoms with Crippen LogP contribution in [0.25, 0.3) is 0 Å². The molecule has 0 atom stereocenters. The molecule has 0 saturated carbocycles. The Morgan fingerprint density at radius 2 is 1.72 bits per heavy atom. The molecule has 1 amide bonds. The average molecular weight is 268 g/mol. The third-order valence-electron chi connectivity index (χ3n) is 2.54. The number of rotatable bonds is 4. The molecule has 3 nitrogen and oxygen atoms in total. The molecule has 0 bridgehead atoms. The molecule has 0 unspecified atom stereocenters. The number of Topliss-reactive ketones (excluding diaryl/α,β-unsaturated/α-hetero) is 1. The summed E-state index contributed by atoms with van der Waals surface area (Å²) >= 11 is 5.34. The summed E-state index contributed by atoms with van der Waals surface area (Å²) in [5, 5.41) is 2.67. The number of hydrogen-bond acceptors (Lipinski definition) is 2. The lowest BCUT2D eigenvalue weighted by atomic mass is 9.87. The molecule has 1 rings (SSSR count). The molecule has 0 aromatic heterocycles. The second kappa shape index (κ2) is 6.01. The number of carbonyl (C=O) groups excluding carboxylic acids is 2. The highest BCUT2D eigenvalue weighted by Gasteiger charge is 2.13. The van der Waals surface area contributed by atoms with Crippen LogP contribution in [0.2, 0.25) is 0 Å². The maximum absolute atomic E-state index is 11.5. The van der Waals surface area contributed by atoms with E-state index in [9.17, 15) is 9.59 Å². The SMILES string of the molecule is CC(C)(C)c1ccc(NC(=O)CC(=O)CCl)cc1. The van der Waals surface area contributed by atoms with Crippen molar-refractivity contribution in [2.24, 2.45) is 0 Å². The summed E-state index contributed by atoms with van der Waals surface area (Å²) in [6, 6.07) is 7.62. The van der Waals surface area contributed by atoms with E-state index in [-0.39, 0.29) is 29.4 Å². The normalized spacial score (nSPS) is 11.1. The monoisotopic (exact) mass is 267 g/mol. The molecule has 98 valence electrons.